The Balaban J connectivity index is 4.23. The van der Waals surface area contributed by atoms with E-state index in [0.717, 1.165) is 19.8 Å². The molecule has 0 fully saturated rings. The fraction of sp³-hybridized carbons (Fsp3) is 0.833. The molecule has 0 amide bonds. The molecule has 2 N–H and O–H groups in total. The lowest BCUT2D eigenvalue weighted by atomic mass is 9.96. The zero-order chi connectivity index (χ0) is 13.5. The Morgan fingerprint density at radius 2 is 1.94 bits per heavy atom. The molecule has 0 bridgehead atoms. The summed E-state index contributed by atoms with van der Waals surface area (Å²) in [5.74, 6) is -1.54. The molecule has 0 aromatic carbocycles. The molecular weight excluding hydrogens is 224 g/mol. The molecule has 2 unspecified atom stereocenters. The van der Waals surface area contributed by atoms with E-state index < -0.39 is 23.5 Å². The number of aliphatic hydroxyl groups is 2. The van der Waals surface area contributed by atoms with E-state index in [9.17, 15) is 14.7 Å². The van der Waals surface area contributed by atoms with Crippen LogP contribution in [0.3, 0.4) is 0 Å². The highest BCUT2D eigenvalue weighted by atomic mass is 16.6. The average Bonchev–Trinajstić information content (AvgIpc) is 2.25. The quantitative estimate of drug-likeness (QED) is 0.376. The average molecular weight is 246 g/mol. The van der Waals surface area contributed by atoms with E-state index in [4.69, 9.17) is 5.11 Å². The van der Waals surface area contributed by atoms with Gasteiger partial charge in [0.2, 0.25) is 5.60 Å². The molecule has 5 nitrogen and oxygen atoms in total. The largest absolute Gasteiger partial charge is 0.460 e. The summed E-state index contributed by atoms with van der Waals surface area (Å²) in [4.78, 5) is 23.1. The Morgan fingerprint density at radius 3 is 2.41 bits per heavy atom. The van der Waals surface area contributed by atoms with Gasteiger partial charge in [-0.3, -0.25) is 4.79 Å². The van der Waals surface area contributed by atoms with Gasteiger partial charge in [-0.1, -0.05) is 19.8 Å². The molecule has 0 aliphatic heterocycles. The lowest BCUT2D eigenvalue weighted by Crippen LogP contribution is -2.45. The van der Waals surface area contributed by atoms with Crippen molar-refractivity contribution in [3.05, 3.63) is 0 Å². The van der Waals surface area contributed by atoms with E-state index in [1.165, 1.54) is 6.92 Å². The number of aliphatic hydroxyl groups excluding tert-OH is 1. The second-order valence-corrected chi connectivity index (χ2v) is 4.40. The Hall–Kier alpha value is -0.940. The molecule has 0 rings (SSSR count). The number of esters is 1. The fourth-order valence-corrected chi connectivity index (χ4v) is 1.23. The second kappa shape index (κ2) is 7.40. The van der Waals surface area contributed by atoms with Crippen LogP contribution in [-0.2, 0) is 14.3 Å². The fourth-order valence-electron chi connectivity index (χ4n) is 1.23. The number of hydrogen-bond acceptors (Lipinski definition) is 5. The van der Waals surface area contributed by atoms with Crippen molar-refractivity contribution >= 4 is 11.8 Å². The zero-order valence-corrected chi connectivity index (χ0v) is 10.7. The number of hydrogen-bond donors (Lipinski definition) is 2. The van der Waals surface area contributed by atoms with E-state index in [2.05, 4.69) is 4.74 Å². The van der Waals surface area contributed by atoms with Crippen LogP contribution in [0.25, 0.3) is 0 Å². The standard InChI is InChI=1S/C12H22O5/c1-4-5-6-7-10(14)12(3,16)11(15)17-8-9(2)13/h9,13,16H,4-8H2,1-3H3. The molecule has 0 aromatic heterocycles. The predicted molar refractivity (Wildman–Crippen MR) is 62.4 cm³/mol. The molecular formula is C12H22O5. The molecule has 2 atom stereocenters. The van der Waals surface area contributed by atoms with Gasteiger partial charge in [0.25, 0.3) is 0 Å². The van der Waals surface area contributed by atoms with E-state index in [-0.39, 0.29) is 13.0 Å². The minimum Gasteiger partial charge on any atom is -0.460 e. The van der Waals surface area contributed by atoms with Gasteiger partial charge in [-0.05, 0) is 20.3 Å². The van der Waals surface area contributed by atoms with Crippen LogP contribution in [0.4, 0.5) is 0 Å². The van der Waals surface area contributed by atoms with Gasteiger partial charge in [-0.25, -0.2) is 4.79 Å². The number of carbonyl (C=O) groups excluding carboxylic acids is 2. The van der Waals surface area contributed by atoms with Crippen LogP contribution in [0, 0.1) is 0 Å². The van der Waals surface area contributed by atoms with Crippen LogP contribution in [0.5, 0.6) is 0 Å². The van der Waals surface area contributed by atoms with Gasteiger partial charge in [0, 0.05) is 6.42 Å². The Kier molecular flexibility index (Phi) is 6.99. The summed E-state index contributed by atoms with van der Waals surface area (Å²) in [6, 6.07) is 0. The normalized spacial score (nSPS) is 16.1. The van der Waals surface area contributed by atoms with Crippen molar-refractivity contribution in [3.63, 3.8) is 0 Å². The van der Waals surface area contributed by atoms with Gasteiger partial charge in [0.05, 0.1) is 6.10 Å². The SMILES string of the molecule is CCCCCC(=O)C(C)(O)C(=O)OCC(C)O. The molecule has 0 aliphatic carbocycles. The minimum atomic E-state index is -2.11. The number of ether oxygens (including phenoxy) is 1. The molecule has 0 saturated heterocycles. The molecule has 0 saturated carbocycles. The number of unbranched alkanes of at least 4 members (excludes halogenated alkanes) is 2. The van der Waals surface area contributed by atoms with Gasteiger partial charge >= 0.3 is 5.97 Å². The van der Waals surface area contributed by atoms with E-state index in [0.29, 0.717) is 6.42 Å². The monoisotopic (exact) mass is 246 g/mol. The van der Waals surface area contributed by atoms with Crippen molar-refractivity contribution in [1.82, 2.24) is 0 Å². The topological polar surface area (TPSA) is 83.8 Å². The Morgan fingerprint density at radius 1 is 1.35 bits per heavy atom. The first-order valence-electron chi connectivity index (χ1n) is 5.93. The zero-order valence-electron chi connectivity index (χ0n) is 10.7. The van der Waals surface area contributed by atoms with Crippen LogP contribution in [0.1, 0.15) is 46.5 Å². The summed E-state index contributed by atoms with van der Waals surface area (Å²) >= 11 is 0. The summed E-state index contributed by atoms with van der Waals surface area (Å²) in [6.07, 6.45) is 1.83. The highest BCUT2D eigenvalue weighted by Gasteiger charge is 2.39. The summed E-state index contributed by atoms with van der Waals surface area (Å²) < 4.78 is 4.64. The third-order valence-corrected chi connectivity index (χ3v) is 2.40. The highest BCUT2D eigenvalue weighted by molar-refractivity contribution is 6.06. The molecule has 100 valence electrons. The van der Waals surface area contributed by atoms with Crippen molar-refractivity contribution < 1.29 is 24.5 Å². The maximum Gasteiger partial charge on any atom is 0.345 e. The smallest absolute Gasteiger partial charge is 0.345 e. The second-order valence-electron chi connectivity index (χ2n) is 4.40. The van der Waals surface area contributed by atoms with E-state index >= 15 is 0 Å². The lowest BCUT2D eigenvalue weighted by molar-refractivity contribution is -0.170. The van der Waals surface area contributed by atoms with Crippen molar-refractivity contribution in [1.29, 1.82) is 0 Å². The third-order valence-electron chi connectivity index (χ3n) is 2.40. The van der Waals surface area contributed by atoms with Crippen molar-refractivity contribution in [3.8, 4) is 0 Å². The molecule has 0 aromatic rings. The van der Waals surface area contributed by atoms with Crippen molar-refractivity contribution in [2.24, 2.45) is 0 Å². The Bertz CT molecular complexity index is 258. The maximum atomic E-state index is 11.6. The van der Waals surface area contributed by atoms with Gasteiger partial charge in [-0.2, -0.15) is 0 Å². The third kappa shape index (κ3) is 5.79. The van der Waals surface area contributed by atoms with Gasteiger partial charge < -0.3 is 14.9 Å². The highest BCUT2D eigenvalue weighted by Crippen LogP contribution is 2.13. The molecule has 0 radical (unpaired) electrons. The predicted octanol–water partition coefficient (Wildman–Crippen LogP) is 0.811. The first-order chi connectivity index (χ1) is 7.82. The maximum absolute atomic E-state index is 11.6. The van der Waals surface area contributed by atoms with E-state index in [1.807, 2.05) is 6.92 Å². The number of carbonyl (C=O) groups is 2. The molecule has 0 aliphatic rings. The molecule has 17 heavy (non-hydrogen) atoms. The molecule has 0 spiro atoms. The molecule has 5 heteroatoms. The number of Topliss-reactive ketones (excluding diaryl/α,β-unsaturated/α-hetero) is 1. The lowest BCUT2D eigenvalue weighted by Gasteiger charge is -2.20. The minimum absolute atomic E-state index is 0.157. The van der Waals surface area contributed by atoms with Crippen molar-refractivity contribution in [2.75, 3.05) is 6.61 Å². The van der Waals surface area contributed by atoms with Crippen molar-refractivity contribution in [2.45, 2.75) is 58.2 Å². The summed E-state index contributed by atoms with van der Waals surface area (Å²) in [5.41, 5.74) is -2.11. The van der Waals surface area contributed by atoms with Crippen LogP contribution in [0.15, 0.2) is 0 Å². The van der Waals surface area contributed by atoms with Gasteiger partial charge in [0.1, 0.15) is 6.61 Å². The number of rotatable bonds is 8. The van der Waals surface area contributed by atoms with Crippen LogP contribution < -0.4 is 0 Å². The van der Waals surface area contributed by atoms with Crippen LogP contribution >= 0.6 is 0 Å². The Labute approximate surface area is 102 Å². The van der Waals surface area contributed by atoms with Gasteiger partial charge in [-0.15, -0.1) is 0 Å². The first-order valence-corrected chi connectivity index (χ1v) is 5.93. The summed E-state index contributed by atoms with van der Waals surface area (Å²) in [5, 5.41) is 18.7. The van der Waals surface area contributed by atoms with Crippen LogP contribution in [-0.4, -0.2) is 40.3 Å². The summed E-state index contributed by atoms with van der Waals surface area (Å²) in [7, 11) is 0. The molecule has 0 heterocycles. The van der Waals surface area contributed by atoms with E-state index in [1.54, 1.807) is 0 Å². The summed E-state index contributed by atoms with van der Waals surface area (Å²) in [6.45, 7) is 4.35. The number of ketones is 1. The van der Waals surface area contributed by atoms with Gasteiger partial charge in [0.15, 0.2) is 5.78 Å². The van der Waals surface area contributed by atoms with Crippen LogP contribution in [0.2, 0.25) is 0 Å². The first kappa shape index (κ1) is 16.1.